The number of likely N-dealkylation sites (N-methyl/N-ethyl adjacent to an activating group) is 1. The lowest BCUT2D eigenvalue weighted by atomic mass is 10.1. The van der Waals surface area contributed by atoms with E-state index in [2.05, 4.69) is 44.1 Å². The topological polar surface area (TPSA) is 78.5 Å². The smallest absolute Gasteiger partial charge is 0.276 e. The first-order valence-electron chi connectivity index (χ1n) is 10.1. The van der Waals surface area contributed by atoms with Gasteiger partial charge in [-0.2, -0.15) is 4.98 Å². The quantitative estimate of drug-likeness (QED) is 0.561. The maximum atomic E-state index is 9.61. The van der Waals surface area contributed by atoms with Crippen molar-refractivity contribution < 1.29 is 9.63 Å². The van der Waals surface area contributed by atoms with E-state index in [-0.39, 0.29) is 5.75 Å². The summed E-state index contributed by atoms with van der Waals surface area (Å²) in [6.45, 7) is 5.29. The minimum atomic E-state index is 0.216. The van der Waals surface area contributed by atoms with E-state index < -0.39 is 0 Å². The first kappa shape index (κ1) is 18.7. The standard InChI is InChI=1S/C23H23N5O2/c1-27-9-11-28(12-10-27)15-16-3-2-4-18(13-16)22-25-23(30-26-22)21-7-5-17-14-19(29)6-8-20(17)24-21/h2-8,13-14,29H,9-12,15H2,1H3. The molecule has 1 saturated heterocycles. The van der Waals surface area contributed by atoms with E-state index >= 15 is 0 Å². The number of phenolic OH excluding ortho intramolecular Hbond substituents is 1. The lowest BCUT2D eigenvalue weighted by Gasteiger charge is -2.32. The Hall–Kier alpha value is -3.29. The summed E-state index contributed by atoms with van der Waals surface area (Å²) in [5, 5.41) is 14.6. The zero-order valence-electron chi connectivity index (χ0n) is 16.8. The predicted octanol–water partition coefficient (Wildman–Crippen LogP) is 3.40. The average molecular weight is 401 g/mol. The molecule has 1 N–H and O–H groups in total. The average Bonchev–Trinajstić information content (AvgIpc) is 3.26. The van der Waals surface area contributed by atoms with Gasteiger partial charge in [-0.05, 0) is 42.9 Å². The van der Waals surface area contributed by atoms with Crippen LogP contribution in [0.2, 0.25) is 0 Å². The predicted molar refractivity (Wildman–Crippen MR) is 115 cm³/mol. The van der Waals surface area contributed by atoms with E-state index in [1.807, 2.05) is 24.3 Å². The van der Waals surface area contributed by atoms with Crippen LogP contribution < -0.4 is 0 Å². The SMILES string of the molecule is CN1CCN(Cc2cccc(-c3noc(-c4ccc5cc(O)ccc5n4)n3)c2)CC1. The lowest BCUT2D eigenvalue weighted by Crippen LogP contribution is -2.43. The maximum Gasteiger partial charge on any atom is 0.276 e. The number of phenols is 1. The molecule has 0 spiro atoms. The molecule has 4 aromatic rings. The Bertz CT molecular complexity index is 1180. The van der Waals surface area contributed by atoms with Crippen molar-refractivity contribution in [1.82, 2.24) is 24.9 Å². The highest BCUT2D eigenvalue weighted by Crippen LogP contribution is 2.25. The van der Waals surface area contributed by atoms with Gasteiger partial charge in [-0.25, -0.2) is 4.98 Å². The largest absolute Gasteiger partial charge is 0.508 e. The number of pyridine rings is 1. The molecule has 1 aliphatic heterocycles. The van der Waals surface area contributed by atoms with Gasteiger partial charge in [-0.15, -0.1) is 0 Å². The van der Waals surface area contributed by atoms with Gasteiger partial charge in [0.15, 0.2) is 0 Å². The molecule has 2 aromatic carbocycles. The summed E-state index contributed by atoms with van der Waals surface area (Å²) in [4.78, 5) is 14.0. The highest BCUT2D eigenvalue weighted by Gasteiger charge is 2.16. The summed E-state index contributed by atoms with van der Waals surface area (Å²) in [6, 6.07) is 17.1. The van der Waals surface area contributed by atoms with Crippen LogP contribution in [0.4, 0.5) is 0 Å². The van der Waals surface area contributed by atoms with Crippen LogP contribution in [0.25, 0.3) is 33.9 Å². The Kier molecular flexibility index (Phi) is 4.90. The number of rotatable bonds is 4. The summed E-state index contributed by atoms with van der Waals surface area (Å²) in [7, 11) is 2.17. The van der Waals surface area contributed by atoms with Crippen LogP contribution in [0.5, 0.6) is 5.75 Å². The minimum absolute atomic E-state index is 0.216. The second kappa shape index (κ2) is 7.85. The van der Waals surface area contributed by atoms with Crippen molar-refractivity contribution in [3.63, 3.8) is 0 Å². The Balaban J connectivity index is 1.37. The fourth-order valence-electron chi connectivity index (χ4n) is 3.75. The molecule has 7 heteroatoms. The van der Waals surface area contributed by atoms with Gasteiger partial charge >= 0.3 is 0 Å². The number of fused-ring (bicyclic) bond motifs is 1. The Morgan fingerprint density at radius 2 is 1.83 bits per heavy atom. The second-order valence-corrected chi connectivity index (χ2v) is 7.78. The fourth-order valence-corrected chi connectivity index (χ4v) is 3.75. The molecule has 30 heavy (non-hydrogen) atoms. The molecular formula is C23H23N5O2. The minimum Gasteiger partial charge on any atom is -0.508 e. The summed E-state index contributed by atoms with van der Waals surface area (Å²) in [5.41, 5.74) is 3.55. The molecule has 0 aliphatic carbocycles. The number of aromatic hydroxyl groups is 1. The number of aromatic nitrogens is 3. The zero-order valence-corrected chi connectivity index (χ0v) is 16.8. The first-order valence-corrected chi connectivity index (χ1v) is 10.1. The van der Waals surface area contributed by atoms with Crippen LogP contribution in [0.15, 0.2) is 59.1 Å². The van der Waals surface area contributed by atoms with E-state index in [1.54, 1.807) is 18.2 Å². The van der Waals surface area contributed by atoms with Gasteiger partial charge in [0.1, 0.15) is 11.4 Å². The van der Waals surface area contributed by atoms with Crippen molar-refractivity contribution in [3.05, 3.63) is 60.2 Å². The van der Waals surface area contributed by atoms with Crippen molar-refractivity contribution in [2.45, 2.75) is 6.54 Å². The molecule has 0 amide bonds. The zero-order chi connectivity index (χ0) is 20.5. The Morgan fingerprint density at radius 1 is 0.967 bits per heavy atom. The lowest BCUT2D eigenvalue weighted by molar-refractivity contribution is 0.148. The number of benzene rings is 2. The van der Waals surface area contributed by atoms with E-state index in [4.69, 9.17) is 4.52 Å². The van der Waals surface area contributed by atoms with Crippen molar-refractivity contribution in [3.8, 4) is 28.7 Å². The molecule has 152 valence electrons. The summed E-state index contributed by atoms with van der Waals surface area (Å²) in [5.74, 6) is 1.15. The second-order valence-electron chi connectivity index (χ2n) is 7.78. The highest BCUT2D eigenvalue weighted by molar-refractivity contribution is 5.82. The van der Waals surface area contributed by atoms with Crippen molar-refractivity contribution in [2.24, 2.45) is 0 Å². The fraction of sp³-hybridized carbons (Fsp3) is 0.261. The maximum absolute atomic E-state index is 9.61. The van der Waals surface area contributed by atoms with Crippen LogP contribution in [0.3, 0.4) is 0 Å². The van der Waals surface area contributed by atoms with E-state index in [1.165, 1.54) is 5.56 Å². The Morgan fingerprint density at radius 3 is 2.70 bits per heavy atom. The molecule has 0 radical (unpaired) electrons. The van der Waals surface area contributed by atoms with Crippen LogP contribution in [-0.4, -0.2) is 63.3 Å². The third-order valence-electron chi connectivity index (χ3n) is 5.51. The third-order valence-corrected chi connectivity index (χ3v) is 5.51. The summed E-state index contributed by atoms with van der Waals surface area (Å²) in [6.07, 6.45) is 0. The molecule has 1 aliphatic rings. The van der Waals surface area contributed by atoms with Gasteiger partial charge in [-0.3, -0.25) is 4.90 Å². The number of piperazine rings is 1. The van der Waals surface area contributed by atoms with E-state index in [0.717, 1.165) is 49.2 Å². The van der Waals surface area contributed by atoms with Crippen LogP contribution in [0.1, 0.15) is 5.56 Å². The molecule has 7 nitrogen and oxygen atoms in total. The van der Waals surface area contributed by atoms with Crippen molar-refractivity contribution in [2.75, 3.05) is 33.2 Å². The molecule has 5 rings (SSSR count). The molecule has 1 fully saturated rings. The van der Waals surface area contributed by atoms with Crippen LogP contribution in [0, 0.1) is 0 Å². The van der Waals surface area contributed by atoms with Crippen molar-refractivity contribution in [1.29, 1.82) is 0 Å². The van der Waals surface area contributed by atoms with Gasteiger partial charge in [0.2, 0.25) is 5.82 Å². The summed E-state index contributed by atoms with van der Waals surface area (Å²) >= 11 is 0. The number of hydrogen-bond acceptors (Lipinski definition) is 7. The van der Waals surface area contributed by atoms with Gasteiger partial charge in [0.25, 0.3) is 5.89 Å². The summed E-state index contributed by atoms with van der Waals surface area (Å²) < 4.78 is 5.49. The highest BCUT2D eigenvalue weighted by atomic mass is 16.5. The third kappa shape index (κ3) is 3.90. The normalized spacial score (nSPS) is 15.6. The molecular weight excluding hydrogens is 378 g/mol. The van der Waals surface area contributed by atoms with Crippen LogP contribution in [-0.2, 0) is 6.54 Å². The molecule has 0 bridgehead atoms. The molecule has 2 aromatic heterocycles. The van der Waals surface area contributed by atoms with Gasteiger partial charge in [0.05, 0.1) is 5.52 Å². The molecule has 0 atom stereocenters. The van der Waals surface area contributed by atoms with Crippen molar-refractivity contribution >= 4 is 10.9 Å². The first-order chi connectivity index (χ1) is 14.6. The molecule has 3 heterocycles. The molecule has 0 saturated carbocycles. The number of nitrogens with zero attached hydrogens (tertiary/aromatic N) is 5. The monoisotopic (exact) mass is 401 g/mol. The van der Waals surface area contributed by atoms with Gasteiger partial charge < -0.3 is 14.5 Å². The van der Waals surface area contributed by atoms with Gasteiger partial charge in [0, 0.05) is 43.7 Å². The Labute approximate surface area is 174 Å². The van der Waals surface area contributed by atoms with Gasteiger partial charge in [-0.1, -0.05) is 29.4 Å². The van der Waals surface area contributed by atoms with Crippen LogP contribution >= 0.6 is 0 Å². The molecule has 0 unspecified atom stereocenters. The van der Waals surface area contributed by atoms with E-state index in [0.29, 0.717) is 17.4 Å². The number of hydrogen-bond donors (Lipinski definition) is 1. The van der Waals surface area contributed by atoms with E-state index in [9.17, 15) is 5.11 Å².